The number of nitrogens with zero attached hydrogens (tertiary/aromatic N) is 3. The molecule has 0 bridgehead atoms. The maximum Gasteiger partial charge on any atom is 0.212 e. The number of halogens is 1. The summed E-state index contributed by atoms with van der Waals surface area (Å²) in [5.41, 5.74) is 8.91. The maximum absolute atomic E-state index is 5.92. The highest BCUT2D eigenvalue weighted by Crippen LogP contribution is 2.35. The van der Waals surface area contributed by atoms with E-state index < -0.39 is 0 Å². The molecular weight excluding hydrogens is 330 g/mol. The van der Waals surface area contributed by atoms with E-state index in [4.69, 9.17) is 5.73 Å². The fourth-order valence-electron chi connectivity index (χ4n) is 2.61. The summed E-state index contributed by atoms with van der Waals surface area (Å²) in [7, 11) is 0. The summed E-state index contributed by atoms with van der Waals surface area (Å²) in [6.45, 7) is 0. The Morgan fingerprint density at radius 1 is 1.10 bits per heavy atom. The van der Waals surface area contributed by atoms with Gasteiger partial charge in [-0.25, -0.2) is 9.98 Å². The Hall–Kier alpha value is -2.34. The molecule has 3 N–H and O–H groups in total. The summed E-state index contributed by atoms with van der Waals surface area (Å²) >= 11 is 3.59. The quantitative estimate of drug-likeness (QED) is 0.714. The number of benzene rings is 2. The summed E-state index contributed by atoms with van der Waals surface area (Å²) < 4.78 is 3.06. The molecule has 0 saturated carbocycles. The number of guanidine groups is 1. The van der Waals surface area contributed by atoms with Crippen LogP contribution in [0.15, 0.2) is 58.0 Å². The lowest BCUT2D eigenvalue weighted by Crippen LogP contribution is -2.31. The van der Waals surface area contributed by atoms with Crippen LogP contribution >= 0.6 is 15.9 Å². The molecule has 1 aliphatic rings. The lowest BCUT2D eigenvalue weighted by Gasteiger charge is -2.24. The Balaban J connectivity index is 2.00. The van der Waals surface area contributed by atoms with E-state index in [-0.39, 0.29) is 6.17 Å². The first-order valence-corrected chi connectivity index (χ1v) is 7.35. The molecular formula is C15H12BrN5. The van der Waals surface area contributed by atoms with Crippen molar-refractivity contribution in [2.45, 2.75) is 6.17 Å². The molecule has 2 aromatic carbocycles. The number of aromatic nitrogens is 2. The molecule has 21 heavy (non-hydrogen) atoms. The first-order valence-electron chi connectivity index (χ1n) is 6.56. The van der Waals surface area contributed by atoms with Crippen molar-refractivity contribution in [3.8, 4) is 0 Å². The van der Waals surface area contributed by atoms with Crippen LogP contribution in [0, 0.1) is 0 Å². The van der Waals surface area contributed by atoms with Crippen molar-refractivity contribution in [2.75, 3.05) is 5.32 Å². The number of hydrogen-bond donors (Lipinski definition) is 2. The minimum absolute atomic E-state index is 0.232. The number of anilines is 1. The second-order valence-electron chi connectivity index (χ2n) is 4.83. The van der Waals surface area contributed by atoms with Crippen LogP contribution in [0.3, 0.4) is 0 Å². The minimum Gasteiger partial charge on any atom is -0.370 e. The number of imidazole rings is 1. The number of aliphatic imine (C=N–C) groups is 1. The van der Waals surface area contributed by atoms with Crippen LogP contribution in [0.4, 0.5) is 5.95 Å². The van der Waals surface area contributed by atoms with E-state index in [9.17, 15) is 0 Å². The van der Waals surface area contributed by atoms with Gasteiger partial charge in [0.15, 0.2) is 12.1 Å². The monoisotopic (exact) mass is 341 g/mol. The first kappa shape index (κ1) is 12.4. The van der Waals surface area contributed by atoms with Gasteiger partial charge >= 0.3 is 0 Å². The number of fused-ring (bicyclic) bond motifs is 3. The molecule has 1 atom stereocenters. The summed E-state index contributed by atoms with van der Waals surface area (Å²) in [4.78, 5) is 9.14. The zero-order valence-electron chi connectivity index (χ0n) is 11.0. The van der Waals surface area contributed by atoms with Gasteiger partial charge in [0.25, 0.3) is 0 Å². The van der Waals surface area contributed by atoms with Gasteiger partial charge in [0.2, 0.25) is 5.95 Å². The summed E-state index contributed by atoms with van der Waals surface area (Å²) in [5, 5.41) is 3.03. The normalized spacial score (nSPS) is 17.2. The van der Waals surface area contributed by atoms with Crippen molar-refractivity contribution in [3.63, 3.8) is 0 Å². The van der Waals surface area contributed by atoms with Crippen LogP contribution in [0.2, 0.25) is 0 Å². The molecule has 1 aliphatic heterocycles. The van der Waals surface area contributed by atoms with E-state index in [0.717, 1.165) is 21.1 Å². The van der Waals surface area contributed by atoms with Gasteiger partial charge in [-0.3, -0.25) is 9.88 Å². The van der Waals surface area contributed by atoms with Crippen molar-refractivity contribution >= 4 is 38.9 Å². The molecule has 0 unspecified atom stereocenters. The SMILES string of the molecule is NC1=N[C@@H](c2ccccc2Br)n2c(nc3ccccc32)N1. The predicted octanol–water partition coefficient (Wildman–Crippen LogP) is 3.09. The van der Waals surface area contributed by atoms with Gasteiger partial charge in [-0.2, -0.15) is 0 Å². The number of nitrogens with two attached hydrogens (primary N) is 1. The topological polar surface area (TPSA) is 68.2 Å². The fraction of sp³-hybridized carbons (Fsp3) is 0.0667. The van der Waals surface area contributed by atoms with Crippen molar-refractivity contribution in [1.82, 2.24) is 9.55 Å². The Bertz CT molecular complexity index is 867. The Kier molecular flexibility index (Phi) is 2.71. The molecule has 0 radical (unpaired) electrons. The van der Waals surface area contributed by atoms with Gasteiger partial charge < -0.3 is 5.73 Å². The van der Waals surface area contributed by atoms with Crippen LogP contribution < -0.4 is 11.1 Å². The highest BCUT2D eigenvalue weighted by molar-refractivity contribution is 9.10. The van der Waals surface area contributed by atoms with Crippen molar-refractivity contribution in [3.05, 3.63) is 58.6 Å². The van der Waals surface area contributed by atoms with E-state index in [1.54, 1.807) is 0 Å². The van der Waals surface area contributed by atoms with Gasteiger partial charge in [0.1, 0.15) is 0 Å². The van der Waals surface area contributed by atoms with Crippen LogP contribution in [0.25, 0.3) is 11.0 Å². The van der Waals surface area contributed by atoms with Crippen LogP contribution in [0.1, 0.15) is 11.7 Å². The Morgan fingerprint density at radius 3 is 2.71 bits per heavy atom. The maximum atomic E-state index is 5.92. The van der Waals surface area contributed by atoms with Crippen molar-refractivity contribution < 1.29 is 0 Å². The zero-order chi connectivity index (χ0) is 14.4. The lowest BCUT2D eigenvalue weighted by molar-refractivity contribution is 0.623. The molecule has 0 fully saturated rings. The molecule has 6 heteroatoms. The molecule has 5 nitrogen and oxygen atoms in total. The standard InChI is InChI=1S/C15H12BrN5/c16-10-6-2-1-5-9(10)13-19-14(17)20-15-18-11-7-3-4-8-12(11)21(13)15/h1-8,13H,(H3,17,18,19,20)/t13-/m1/s1. The molecule has 0 aliphatic carbocycles. The van der Waals surface area contributed by atoms with Crippen molar-refractivity contribution in [1.29, 1.82) is 0 Å². The van der Waals surface area contributed by atoms with Gasteiger partial charge in [0.05, 0.1) is 11.0 Å². The second kappa shape index (κ2) is 4.60. The van der Waals surface area contributed by atoms with E-state index >= 15 is 0 Å². The van der Waals surface area contributed by atoms with Crippen LogP contribution in [0.5, 0.6) is 0 Å². The van der Waals surface area contributed by atoms with E-state index in [1.807, 2.05) is 48.5 Å². The highest BCUT2D eigenvalue weighted by atomic mass is 79.9. The smallest absolute Gasteiger partial charge is 0.212 e. The summed E-state index contributed by atoms with van der Waals surface area (Å²) in [6.07, 6.45) is -0.232. The van der Waals surface area contributed by atoms with Crippen LogP contribution in [-0.4, -0.2) is 15.5 Å². The van der Waals surface area contributed by atoms with Gasteiger partial charge in [0, 0.05) is 10.0 Å². The molecule has 3 aromatic rings. The average Bonchev–Trinajstić information content (AvgIpc) is 2.85. The van der Waals surface area contributed by atoms with Crippen LogP contribution in [-0.2, 0) is 0 Å². The predicted molar refractivity (Wildman–Crippen MR) is 87.3 cm³/mol. The first-order chi connectivity index (χ1) is 10.2. The third kappa shape index (κ3) is 1.91. The van der Waals surface area contributed by atoms with E-state index in [2.05, 4.69) is 35.8 Å². The van der Waals surface area contributed by atoms with Gasteiger partial charge in [-0.1, -0.05) is 46.3 Å². The molecule has 4 rings (SSSR count). The number of para-hydroxylation sites is 2. The molecule has 104 valence electrons. The van der Waals surface area contributed by atoms with Gasteiger partial charge in [-0.05, 0) is 18.2 Å². The second-order valence-corrected chi connectivity index (χ2v) is 5.68. The molecule has 1 aromatic heterocycles. The van der Waals surface area contributed by atoms with Gasteiger partial charge in [-0.15, -0.1) is 0 Å². The third-order valence-corrected chi connectivity index (χ3v) is 4.25. The average molecular weight is 342 g/mol. The molecule has 0 saturated heterocycles. The number of rotatable bonds is 1. The third-order valence-electron chi connectivity index (χ3n) is 3.53. The minimum atomic E-state index is -0.232. The lowest BCUT2D eigenvalue weighted by atomic mass is 10.1. The largest absolute Gasteiger partial charge is 0.370 e. The number of hydrogen-bond acceptors (Lipinski definition) is 4. The fourth-order valence-corrected chi connectivity index (χ4v) is 3.10. The molecule has 2 heterocycles. The summed E-state index contributed by atoms with van der Waals surface area (Å²) in [6, 6.07) is 16.0. The van der Waals surface area contributed by atoms with Crippen molar-refractivity contribution in [2.24, 2.45) is 10.7 Å². The number of nitrogens with one attached hydrogen (secondary N) is 1. The highest BCUT2D eigenvalue weighted by Gasteiger charge is 2.25. The Labute approximate surface area is 129 Å². The molecule has 0 spiro atoms. The molecule has 0 amide bonds. The zero-order valence-corrected chi connectivity index (χ0v) is 12.6. The Morgan fingerprint density at radius 2 is 1.86 bits per heavy atom. The van der Waals surface area contributed by atoms with E-state index in [1.165, 1.54) is 0 Å². The summed E-state index contributed by atoms with van der Waals surface area (Å²) in [5.74, 6) is 1.09. The van der Waals surface area contributed by atoms with E-state index in [0.29, 0.717) is 11.9 Å².